The Morgan fingerprint density at radius 3 is 2.61 bits per heavy atom. The highest BCUT2D eigenvalue weighted by Gasteiger charge is 2.20. The number of carbonyl (C=O) groups excluding carboxylic acids is 2. The molecule has 0 aliphatic rings. The van der Waals surface area contributed by atoms with Gasteiger partial charge in [-0.1, -0.05) is 19.1 Å². The number of amides is 2. The Kier molecular flexibility index (Phi) is 6.58. The first kappa shape index (κ1) is 21.9. The van der Waals surface area contributed by atoms with E-state index in [-0.39, 0.29) is 30.3 Å². The molecule has 0 saturated carbocycles. The zero-order valence-corrected chi connectivity index (χ0v) is 18.3. The third-order valence-electron chi connectivity index (χ3n) is 4.89. The van der Waals surface area contributed by atoms with E-state index in [1.807, 2.05) is 24.3 Å². The van der Waals surface area contributed by atoms with Gasteiger partial charge in [-0.15, -0.1) is 0 Å². The lowest BCUT2D eigenvalue weighted by molar-refractivity contribution is 0.0943. The molecule has 2 amide bonds. The minimum Gasteiger partial charge on any atom is -0.486 e. The number of aryl methyl sites for hydroxylation is 2. The molecule has 0 radical (unpaired) electrons. The van der Waals surface area contributed by atoms with E-state index in [4.69, 9.17) is 13.6 Å². The molecule has 0 spiro atoms. The van der Waals surface area contributed by atoms with Crippen molar-refractivity contribution >= 4 is 17.5 Å². The Morgan fingerprint density at radius 2 is 1.88 bits per heavy atom. The van der Waals surface area contributed by atoms with Gasteiger partial charge in [-0.2, -0.15) is 5.10 Å². The number of anilines is 1. The summed E-state index contributed by atoms with van der Waals surface area (Å²) in [5.41, 5.74) is 1.58. The molecule has 0 unspecified atom stereocenters. The Morgan fingerprint density at radius 1 is 1.06 bits per heavy atom. The summed E-state index contributed by atoms with van der Waals surface area (Å²) in [6.45, 7) is 2.48. The monoisotopic (exact) mass is 448 g/mol. The van der Waals surface area contributed by atoms with Crippen LogP contribution in [0.4, 0.5) is 5.69 Å². The van der Waals surface area contributed by atoms with Crippen molar-refractivity contribution in [3.8, 4) is 5.75 Å². The van der Waals surface area contributed by atoms with Crippen LogP contribution in [-0.4, -0.2) is 21.6 Å². The van der Waals surface area contributed by atoms with E-state index in [2.05, 4.69) is 22.7 Å². The van der Waals surface area contributed by atoms with Gasteiger partial charge in [-0.3, -0.25) is 14.3 Å². The van der Waals surface area contributed by atoms with Crippen LogP contribution in [0.5, 0.6) is 5.75 Å². The molecule has 0 atom stereocenters. The average molecular weight is 448 g/mol. The van der Waals surface area contributed by atoms with Crippen molar-refractivity contribution in [2.75, 3.05) is 5.32 Å². The lowest BCUT2D eigenvalue weighted by atomic mass is 10.2. The quantitative estimate of drug-likeness (QED) is 0.401. The first-order valence-electron chi connectivity index (χ1n) is 10.5. The highest BCUT2D eigenvalue weighted by atomic mass is 16.5. The zero-order valence-electron chi connectivity index (χ0n) is 18.3. The van der Waals surface area contributed by atoms with Gasteiger partial charge in [-0.05, 0) is 48.4 Å². The van der Waals surface area contributed by atoms with Gasteiger partial charge in [-0.25, -0.2) is 0 Å². The largest absolute Gasteiger partial charge is 0.486 e. The maximum atomic E-state index is 12.7. The first-order valence-corrected chi connectivity index (χ1v) is 10.5. The van der Waals surface area contributed by atoms with Crippen LogP contribution in [0.1, 0.15) is 45.1 Å². The fourth-order valence-electron chi connectivity index (χ4n) is 3.15. The topological polar surface area (TPSA) is 112 Å². The van der Waals surface area contributed by atoms with Gasteiger partial charge in [0.25, 0.3) is 11.8 Å². The van der Waals surface area contributed by atoms with Gasteiger partial charge in [0.1, 0.15) is 23.9 Å². The zero-order chi connectivity index (χ0) is 23.2. The number of benzene rings is 1. The molecule has 9 nitrogen and oxygen atoms in total. The number of hydrogen-bond acceptors (Lipinski definition) is 6. The summed E-state index contributed by atoms with van der Waals surface area (Å²) in [7, 11) is 1.66. The van der Waals surface area contributed by atoms with Crippen LogP contribution in [0.2, 0.25) is 0 Å². The molecular formula is C24H24N4O5. The summed E-state index contributed by atoms with van der Waals surface area (Å²) in [4.78, 5) is 25.2. The van der Waals surface area contributed by atoms with Crippen LogP contribution in [0, 0.1) is 0 Å². The minimum atomic E-state index is -0.498. The fraction of sp³-hybridized carbons (Fsp3) is 0.208. The van der Waals surface area contributed by atoms with Gasteiger partial charge < -0.3 is 24.2 Å². The van der Waals surface area contributed by atoms with Crippen molar-refractivity contribution in [2.24, 2.45) is 7.05 Å². The molecule has 4 rings (SSSR count). The molecule has 4 aromatic rings. The summed E-state index contributed by atoms with van der Waals surface area (Å²) in [5.74, 6) is 0.987. The number of nitrogens with one attached hydrogen (secondary N) is 2. The molecule has 2 N–H and O–H groups in total. The summed E-state index contributed by atoms with van der Waals surface area (Å²) in [6, 6.07) is 14.5. The van der Waals surface area contributed by atoms with E-state index in [1.54, 1.807) is 37.5 Å². The van der Waals surface area contributed by atoms with Crippen molar-refractivity contribution in [3.05, 3.63) is 89.5 Å². The van der Waals surface area contributed by atoms with Crippen LogP contribution < -0.4 is 15.4 Å². The van der Waals surface area contributed by atoms with E-state index in [0.29, 0.717) is 11.5 Å². The van der Waals surface area contributed by atoms with Crippen LogP contribution in [0.3, 0.4) is 0 Å². The number of ether oxygens (including phenoxy) is 1. The van der Waals surface area contributed by atoms with Crippen molar-refractivity contribution in [1.29, 1.82) is 0 Å². The minimum absolute atomic E-state index is 0.0862. The normalized spacial score (nSPS) is 10.7. The van der Waals surface area contributed by atoms with E-state index in [9.17, 15) is 9.59 Å². The number of carbonyl (C=O) groups is 2. The van der Waals surface area contributed by atoms with Crippen molar-refractivity contribution in [1.82, 2.24) is 15.1 Å². The smallest absolute Gasteiger partial charge is 0.291 e. The third kappa shape index (κ3) is 5.51. The second-order valence-corrected chi connectivity index (χ2v) is 7.33. The molecular weight excluding hydrogens is 424 g/mol. The van der Waals surface area contributed by atoms with Crippen LogP contribution >= 0.6 is 0 Å². The van der Waals surface area contributed by atoms with Crippen LogP contribution in [0.25, 0.3) is 0 Å². The number of rotatable bonds is 9. The Bertz CT molecular complexity index is 1220. The number of nitrogens with zero attached hydrogens (tertiary/aromatic N) is 2. The van der Waals surface area contributed by atoms with Gasteiger partial charge in [0, 0.05) is 13.2 Å². The molecule has 0 saturated heterocycles. The number of furan rings is 2. The van der Waals surface area contributed by atoms with Crippen molar-refractivity contribution in [2.45, 2.75) is 26.5 Å². The standard InChI is InChI=1S/C24H24N4O5/c1-3-16-6-8-17(9-7-16)32-15-19-10-11-21(33-19)23(29)26-20-14-28(2)27-22(20)24(30)25-13-18-5-4-12-31-18/h4-12,14H,3,13,15H2,1-2H3,(H,25,30)(H,26,29). The maximum absolute atomic E-state index is 12.7. The number of hydrogen-bond donors (Lipinski definition) is 2. The van der Waals surface area contributed by atoms with Crippen LogP contribution in [-0.2, 0) is 26.6 Å². The highest BCUT2D eigenvalue weighted by Crippen LogP contribution is 2.18. The second kappa shape index (κ2) is 9.90. The lowest BCUT2D eigenvalue weighted by Gasteiger charge is -2.06. The van der Waals surface area contributed by atoms with Gasteiger partial charge >= 0.3 is 0 Å². The summed E-state index contributed by atoms with van der Waals surface area (Å²) in [5, 5.41) is 9.54. The van der Waals surface area contributed by atoms with Crippen molar-refractivity contribution in [3.63, 3.8) is 0 Å². The molecule has 0 aliphatic heterocycles. The number of aromatic nitrogens is 2. The Labute approximate surface area is 190 Å². The molecule has 0 bridgehead atoms. The second-order valence-electron chi connectivity index (χ2n) is 7.33. The summed E-state index contributed by atoms with van der Waals surface area (Å²) in [6.07, 6.45) is 4.03. The third-order valence-corrected chi connectivity index (χ3v) is 4.89. The molecule has 0 aliphatic carbocycles. The van der Waals surface area contributed by atoms with Gasteiger partial charge in [0.05, 0.1) is 18.5 Å². The maximum Gasteiger partial charge on any atom is 0.291 e. The highest BCUT2D eigenvalue weighted by molar-refractivity contribution is 6.07. The van der Waals surface area contributed by atoms with Gasteiger partial charge in [0.2, 0.25) is 0 Å². The molecule has 1 aromatic carbocycles. The predicted molar refractivity (Wildman–Crippen MR) is 120 cm³/mol. The molecule has 3 aromatic heterocycles. The molecule has 0 fully saturated rings. The van der Waals surface area contributed by atoms with E-state index >= 15 is 0 Å². The van der Waals surface area contributed by atoms with E-state index < -0.39 is 11.8 Å². The first-order chi connectivity index (χ1) is 16.0. The molecule has 170 valence electrons. The Hall–Kier alpha value is -4.27. The van der Waals surface area contributed by atoms with Gasteiger partial charge in [0.15, 0.2) is 11.5 Å². The SMILES string of the molecule is CCc1ccc(OCc2ccc(C(=O)Nc3cn(C)nc3C(=O)NCc3ccco3)o2)cc1. The average Bonchev–Trinajstić information content (AvgIpc) is 3.58. The molecule has 33 heavy (non-hydrogen) atoms. The fourth-order valence-corrected chi connectivity index (χ4v) is 3.15. The molecule has 3 heterocycles. The lowest BCUT2D eigenvalue weighted by Crippen LogP contribution is -2.25. The van der Waals surface area contributed by atoms with E-state index in [0.717, 1.165) is 12.2 Å². The summed E-state index contributed by atoms with van der Waals surface area (Å²) < 4.78 is 18.0. The Balaban J connectivity index is 1.36. The van der Waals surface area contributed by atoms with Crippen LogP contribution in [0.15, 0.2) is 69.8 Å². The van der Waals surface area contributed by atoms with Crippen molar-refractivity contribution < 1.29 is 23.2 Å². The van der Waals surface area contributed by atoms with E-state index in [1.165, 1.54) is 16.5 Å². The summed E-state index contributed by atoms with van der Waals surface area (Å²) >= 11 is 0. The molecule has 9 heteroatoms. The predicted octanol–water partition coefficient (Wildman–Crippen LogP) is 3.93.